The van der Waals surface area contributed by atoms with Gasteiger partial charge in [-0.25, -0.2) is 4.79 Å². The molecule has 10 nitrogen and oxygen atoms in total. The highest BCUT2D eigenvalue weighted by molar-refractivity contribution is 6.03. The van der Waals surface area contributed by atoms with Gasteiger partial charge in [-0.2, -0.15) is 0 Å². The summed E-state index contributed by atoms with van der Waals surface area (Å²) in [5, 5.41) is 23.2. The normalized spacial score (nSPS) is 18.6. The second kappa shape index (κ2) is 9.48. The summed E-state index contributed by atoms with van der Waals surface area (Å²) in [6.07, 6.45) is 0.694. The van der Waals surface area contributed by atoms with Crippen molar-refractivity contribution in [3.63, 3.8) is 0 Å². The number of hydrogen-bond acceptors (Lipinski definition) is 6. The molecule has 0 spiro atoms. The summed E-state index contributed by atoms with van der Waals surface area (Å²) < 4.78 is 0. The molecule has 10 heteroatoms. The fourth-order valence-electron chi connectivity index (χ4n) is 3.32. The third-order valence-electron chi connectivity index (χ3n) is 5.17. The second-order valence-corrected chi connectivity index (χ2v) is 7.21. The molecular weight excluding hydrogens is 376 g/mol. The molecule has 29 heavy (non-hydrogen) atoms. The van der Waals surface area contributed by atoms with Crippen LogP contribution in [0.4, 0.5) is 0 Å². The molecule has 1 fully saturated rings. The van der Waals surface area contributed by atoms with Crippen molar-refractivity contribution in [2.24, 2.45) is 11.5 Å². The highest BCUT2D eigenvalue weighted by Gasteiger charge is 2.48. The fourth-order valence-corrected chi connectivity index (χ4v) is 3.32. The second-order valence-electron chi connectivity index (χ2n) is 7.21. The van der Waals surface area contributed by atoms with Gasteiger partial charge in [-0.05, 0) is 38.3 Å². The van der Waals surface area contributed by atoms with Crippen LogP contribution in [-0.4, -0.2) is 58.4 Å². The molecule has 2 amide bonds. The Labute approximate surface area is 169 Å². The number of carbonyl (C=O) groups is 3. The number of benzene rings is 1. The van der Waals surface area contributed by atoms with E-state index in [-0.39, 0.29) is 18.8 Å². The number of imide groups is 1. The average Bonchev–Trinajstić information content (AvgIpc) is 2.63. The van der Waals surface area contributed by atoms with Crippen LogP contribution in [0.2, 0.25) is 0 Å². The molecule has 1 aliphatic heterocycles. The van der Waals surface area contributed by atoms with Crippen molar-refractivity contribution in [3.05, 3.63) is 35.9 Å². The van der Waals surface area contributed by atoms with Gasteiger partial charge in [0.1, 0.15) is 5.54 Å². The molecule has 0 aromatic heterocycles. The molecule has 0 bridgehead atoms. The lowest BCUT2D eigenvalue weighted by molar-refractivity contribution is -0.167. The summed E-state index contributed by atoms with van der Waals surface area (Å²) >= 11 is 0. The van der Waals surface area contributed by atoms with Crippen LogP contribution in [0.25, 0.3) is 0 Å². The van der Waals surface area contributed by atoms with Crippen molar-refractivity contribution >= 4 is 23.7 Å². The lowest BCUT2D eigenvalue weighted by atomic mass is 9.88. The first kappa shape index (κ1) is 22.3. The number of amides is 2. The molecule has 0 saturated carbocycles. The summed E-state index contributed by atoms with van der Waals surface area (Å²) in [6, 6.07) is 8.06. The summed E-state index contributed by atoms with van der Waals surface area (Å²) in [6.45, 7) is 1.49. The number of guanidine groups is 1. The van der Waals surface area contributed by atoms with Crippen LogP contribution in [0.5, 0.6) is 0 Å². The first-order valence-corrected chi connectivity index (χ1v) is 9.40. The van der Waals surface area contributed by atoms with E-state index < -0.39 is 42.0 Å². The molecule has 2 unspecified atom stereocenters. The average molecular weight is 404 g/mol. The maximum Gasteiger partial charge on any atom is 0.329 e. The predicted octanol–water partition coefficient (Wildman–Crippen LogP) is -0.490. The van der Waals surface area contributed by atoms with Crippen LogP contribution >= 0.6 is 0 Å². The van der Waals surface area contributed by atoms with Gasteiger partial charge in [-0.3, -0.25) is 19.9 Å². The Morgan fingerprint density at radius 2 is 2.00 bits per heavy atom. The minimum absolute atomic E-state index is 0.0492. The molecule has 1 aromatic rings. The Hall–Kier alpha value is -2.98. The van der Waals surface area contributed by atoms with Crippen molar-refractivity contribution in [1.29, 1.82) is 5.41 Å². The van der Waals surface area contributed by atoms with Gasteiger partial charge in [-0.15, -0.1) is 0 Å². The van der Waals surface area contributed by atoms with Crippen molar-refractivity contribution in [3.8, 4) is 0 Å². The number of aliphatic carboxylic acids is 1. The van der Waals surface area contributed by atoms with E-state index in [1.807, 2.05) is 30.3 Å². The Morgan fingerprint density at radius 3 is 2.45 bits per heavy atom. The maximum absolute atomic E-state index is 12.8. The zero-order chi connectivity index (χ0) is 21.6. The minimum Gasteiger partial charge on any atom is -0.479 e. The van der Waals surface area contributed by atoms with E-state index in [0.717, 1.165) is 10.5 Å². The Kier molecular flexibility index (Phi) is 7.29. The summed E-state index contributed by atoms with van der Waals surface area (Å²) in [4.78, 5) is 38.3. The zero-order valence-corrected chi connectivity index (χ0v) is 16.4. The summed E-state index contributed by atoms with van der Waals surface area (Å²) in [7, 11) is 0. The van der Waals surface area contributed by atoms with E-state index in [9.17, 15) is 19.5 Å². The number of hydrogen-bond donors (Lipinski definition) is 6. The van der Waals surface area contributed by atoms with Crippen molar-refractivity contribution < 1.29 is 19.5 Å². The number of carbonyl (C=O) groups excluding carboxylic acids is 2. The van der Waals surface area contributed by atoms with Crippen LogP contribution in [0.15, 0.2) is 30.3 Å². The first-order valence-electron chi connectivity index (χ1n) is 9.40. The smallest absolute Gasteiger partial charge is 0.329 e. The maximum atomic E-state index is 12.8. The van der Waals surface area contributed by atoms with Crippen LogP contribution in [0, 0.1) is 5.41 Å². The van der Waals surface area contributed by atoms with Gasteiger partial charge in [0.05, 0.1) is 18.6 Å². The zero-order valence-electron chi connectivity index (χ0n) is 16.4. The molecular formula is C19H28N6O4. The van der Waals surface area contributed by atoms with Gasteiger partial charge in [0, 0.05) is 0 Å². The van der Waals surface area contributed by atoms with Crippen molar-refractivity contribution in [1.82, 2.24) is 15.5 Å². The number of carboxylic acid groups (broad SMARTS) is 1. The predicted molar refractivity (Wildman–Crippen MR) is 107 cm³/mol. The standard InChI is InChI=1S/C19H28N6O4/c1-19(17(28)29,25(15(26)11-20)16(27)14-8-10-23-14)9-7-13(24-18(21)22)12-5-3-2-4-6-12/h2-6,13-14,23H,7-11,20H2,1H3,(H,28,29)(H4,21,22,24)/t13?,14?,19-/m0/s1. The molecule has 1 heterocycles. The molecule has 2 rings (SSSR count). The number of nitrogens with zero attached hydrogens (tertiary/aromatic N) is 1. The van der Waals surface area contributed by atoms with E-state index in [4.69, 9.17) is 16.9 Å². The lowest BCUT2D eigenvalue weighted by Crippen LogP contribution is -2.65. The molecule has 158 valence electrons. The summed E-state index contributed by atoms with van der Waals surface area (Å²) in [5.74, 6) is -2.90. The van der Waals surface area contributed by atoms with Gasteiger partial charge in [0.25, 0.3) is 0 Å². The first-order chi connectivity index (χ1) is 13.7. The Balaban J connectivity index is 2.30. The third-order valence-corrected chi connectivity index (χ3v) is 5.17. The lowest BCUT2D eigenvalue weighted by Gasteiger charge is -2.40. The van der Waals surface area contributed by atoms with E-state index in [0.29, 0.717) is 13.0 Å². The quantitative estimate of drug-likeness (QED) is 0.236. The number of nitrogens with two attached hydrogens (primary N) is 2. The molecule has 1 aromatic carbocycles. The number of rotatable bonds is 9. The van der Waals surface area contributed by atoms with Crippen LogP contribution in [0.3, 0.4) is 0 Å². The highest BCUT2D eigenvalue weighted by atomic mass is 16.4. The van der Waals surface area contributed by atoms with Crippen molar-refractivity contribution in [2.45, 2.75) is 43.8 Å². The van der Waals surface area contributed by atoms with Crippen molar-refractivity contribution in [2.75, 3.05) is 13.1 Å². The summed E-state index contributed by atoms with van der Waals surface area (Å²) in [5.41, 5.74) is 9.96. The molecule has 0 radical (unpaired) electrons. The third kappa shape index (κ3) is 5.09. The van der Waals surface area contributed by atoms with Gasteiger partial charge in [0.2, 0.25) is 11.8 Å². The highest BCUT2D eigenvalue weighted by Crippen LogP contribution is 2.29. The van der Waals surface area contributed by atoms with Crippen LogP contribution < -0.4 is 22.1 Å². The number of nitrogens with one attached hydrogen (secondary N) is 3. The molecule has 0 aliphatic carbocycles. The van der Waals surface area contributed by atoms with E-state index >= 15 is 0 Å². The molecule has 1 aliphatic rings. The minimum atomic E-state index is -1.80. The SMILES string of the molecule is C[C@](CCC(NC(=N)N)c1ccccc1)(C(=O)O)N(C(=O)CN)C(=O)C1CCN1. The molecule has 3 atom stereocenters. The molecule has 8 N–H and O–H groups in total. The van der Waals surface area contributed by atoms with E-state index in [2.05, 4.69) is 10.6 Å². The van der Waals surface area contributed by atoms with E-state index in [1.165, 1.54) is 6.92 Å². The van der Waals surface area contributed by atoms with Gasteiger partial charge >= 0.3 is 5.97 Å². The topological polar surface area (TPSA) is 175 Å². The molecule has 1 saturated heterocycles. The van der Waals surface area contributed by atoms with Gasteiger partial charge < -0.3 is 27.2 Å². The van der Waals surface area contributed by atoms with Crippen LogP contribution in [0.1, 0.15) is 37.8 Å². The largest absolute Gasteiger partial charge is 0.479 e. The Bertz CT molecular complexity index is 767. The monoisotopic (exact) mass is 404 g/mol. The van der Waals surface area contributed by atoms with Crippen LogP contribution in [-0.2, 0) is 14.4 Å². The van der Waals surface area contributed by atoms with Gasteiger partial charge in [-0.1, -0.05) is 30.3 Å². The number of carboxylic acids is 1. The Morgan fingerprint density at radius 1 is 1.38 bits per heavy atom. The van der Waals surface area contributed by atoms with E-state index in [1.54, 1.807) is 0 Å². The fraction of sp³-hybridized carbons (Fsp3) is 0.474. The van der Waals surface area contributed by atoms with Gasteiger partial charge in [0.15, 0.2) is 5.96 Å².